The highest BCUT2D eigenvalue weighted by Crippen LogP contribution is 2.46. The minimum Gasteiger partial charge on any atom is -0.456 e. The third kappa shape index (κ3) is 5.43. The fraction of sp³-hybridized carbons (Fsp3) is 0. The van der Waals surface area contributed by atoms with E-state index in [0.29, 0.717) is 0 Å². The van der Waals surface area contributed by atoms with E-state index in [1.807, 2.05) is 6.07 Å². The van der Waals surface area contributed by atoms with Crippen molar-refractivity contribution in [1.29, 1.82) is 0 Å². The van der Waals surface area contributed by atoms with Crippen LogP contribution in [0.15, 0.2) is 235 Å². The van der Waals surface area contributed by atoms with E-state index in [-0.39, 0.29) is 0 Å². The van der Waals surface area contributed by atoms with Crippen LogP contribution >= 0.6 is 0 Å². The molecule has 67 heavy (non-hydrogen) atoms. The molecular weight excluding hydrogens is 809 g/mol. The molecule has 15 aromatic rings. The molecule has 0 spiro atoms. The molecule has 1 heteroatoms. The predicted molar refractivity (Wildman–Crippen MR) is 286 cm³/mol. The Morgan fingerprint density at radius 2 is 0.672 bits per heavy atom. The molecule has 0 radical (unpaired) electrons. The van der Waals surface area contributed by atoms with Crippen LogP contribution in [0.1, 0.15) is 0 Å². The Hall–Kier alpha value is -8.78. The molecule has 15 rings (SSSR count). The summed E-state index contributed by atoms with van der Waals surface area (Å²) in [5, 5.41) is 20.2. The first-order valence-corrected chi connectivity index (χ1v) is 23.2. The first-order valence-electron chi connectivity index (χ1n) is 23.2. The van der Waals surface area contributed by atoms with Gasteiger partial charge in [-0.1, -0.05) is 188 Å². The van der Waals surface area contributed by atoms with Gasteiger partial charge in [0.25, 0.3) is 0 Å². The van der Waals surface area contributed by atoms with Crippen LogP contribution in [-0.2, 0) is 0 Å². The Labute approximate surface area is 386 Å². The van der Waals surface area contributed by atoms with Crippen LogP contribution in [0, 0.1) is 0 Å². The summed E-state index contributed by atoms with van der Waals surface area (Å²) in [6, 6.07) is 85.9. The van der Waals surface area contributed by atoms with Gasteiger partial charge in [0.1, 0.15) is 11.2 Å². The van der Waals surface area contributed by atoms with Crippen molar-refractivity contribution in [1.82, 2.24) is 0 Å². The van der Waals surface area contributed by atoms with E-state index in [9.17, 15) is 0 Å². The van der Waals surface area contributed by atoms with Gasteiger partial charge < -0.3 is 4.42 Å². The van der Waals surface area contributed by atoms with E-state index in [1.54, 1.807) is 0 Å². The molecule has 0 fully saturated rings. The number of hydrogen-bond acceptors (Lipinski definition) is 1. The van der Waals surface area contributed by atoms with Gasteiger partial charge in [-0.3, -0.25) is 0 Å². The summed E-state index contributed by atoms with van der Waals surface area (Å²) in [5.74, 6) is 0. The van der Waals surface area contributed by atoms with Crippen molar-refractivity contribution in [2.75, 3.05) is 0 Å². The molecule has 0 unspecified atom stereocenters. The summed E-state index contributed by atoms with van der Waals surface area (Å²) >= 11 is 0. The maximum atomic E-state index is 6.38. The van der Waals surface area contributed by atoms with Crippen molar-refractivity contribution in [3.8, 4) is 55.6 Å². The van der Waals surface area contributed by atoms with Gasteiger partial charge in [-0.05, 0) is 174 Å². The van der Waals surface area contributed by atoms with E-state index < -0.39 is 0 Å². The van der Waals surface area contributed by atoms with Crippen LogP contribution in [0.2, 0.25) is 0 Å². The molecule has 1 nitrogen and oxygen atoms in total. The maximum Gasteiger partial charge on any atom is 0.135 e. The number of benzene rings is 14. The van der Waals surface area contributed by atoms with Crippen molar-refractivity contribution in [3.05, 3.63) is 231 Å². The molecule has 14 aromatic carbocycles. The van der Waals surface area contributed by atoms with Gasteiger partial charge in [0.2, 0.25) is 0 Å². The minimum atomic E-state index is 0.895. The highest BCUT2D eigenvalue weighted by atomic mass is 16.3. The zero-order valence-electron chi connectivity index (χ0n) is 36.3. The van der Waals surface area contributed by atoms with Crippen LogP contribution in [0.5, 0.6) is 0 Å². The number of fused-ring (bicyclic) bond motifs is 4. The Kier molecular flexibility index (Phi) is 7.56. The largest absolute Gasteiger partial charge is 0.456 e. The summed E-state index contributed by atoms with van der Waals surface area (Å²) in [6.45, 7) is 0. The zero-order valence-corrected chi connectivity index (χ0v) is 36.3. The molecule has 0 aliphatic heterocycles. The summed E-state index contributed by atoms with van der Waals surface area (Å²) < 4.78 is 6.38. The molecule has 0 saturated carbocycles. The number of para-hydroxylation sites is 1. The molecule has 0 atom stereocenters. The van der Waals surface area contributed by atoms with Crippen molar-refractivity contribution < 1.29 is 4.42 Å². The third-order valence-electron chi connectivity index (χ3n) is 14.7. The molecular formula is C66H38O. The van der Waals surface area contributed by atoms with Crippen LogP contribution in [0.4, 0.5) is 0 Å². The minimum absolute atomic E-state index is 0.895. The fourth-order valence-corrected chi connectivity index (χ4v) is 11.6. The lowest BCUT2D eigenvalue weighted by atomic mass is 9.84. The second-order valence-electron chi connectivity index (χ2n) is 18.3. The highest BCUT2D eigenvalue weighted by molar-refractivity contribution is 6.27. The van der Waals surface area contributed by atoms with Gasteiger partial charge in [0.05, 0.1) is 0 Å². The van der Waals surface area contributed by atoms with Crippen molar-refractivity contribution in [2.24, 2.45) is 0 Å². The molecule has 308 valence electrons. The smallest absolute Gasteiger partial charge is 0.135 e. The summed E-state index contributed by atoms with van der Waals surface area (Å²) in [4.78, 5) is 0. The lowest BCUT2D eigenvalue weighted by Crippen LogP contribution is -1.92. The van der Waals surface area contributed by atoms with Crippen LogP contribution in [0.3, 0.4) is 0 Å². The lowest BCUT2D eigenvalue weighted by Gasteiger charge is -2.19. The Balaban J connectivity index is 1.01. The predicted octanol–water partition coefficient (Wildman–Crippen LogP) is 18.9. The molecule has 0 bridgehead atoms. The van der Waals surface area contributed by atoms with Gasteiger partial charge in [-0.25, -0.2) is 0 Å². The van der Waals surface area contributed by atoms with E-state index in [1.165, 1.54) is 120 Å². The Morgan fingerprint density at radius 3 is 1.39 bits per heavy atom. The van der Waals surface area contributed by atoms with Gasteiger partial charge in [0, 0.05) is 10.8 Å². The van der Waals surface area contributed by atoms with Gasteiger partial charge in [-0.15, -0.1) is 0 Å². The lowest BCUT2D eigenvalue weighted by molar-refractivity contribution is 0.669. The van der Waals surface area contributed by atoms with Gasteiger partial charge in [0.15, 0.2) is 0 Å². The van der Waals surface area contributed by atoms with E-state index >= 15 is 0 Å². The van der Waals surface area contributed by atoms with E-state index in [0.717, 1.165) is 33.1 Å². The van der Waals surface area contributed by atoms with Crippen molar-refractivity contribution >= 4 is 97.3 Å². The Bertz CT molecular complexity index is 4470. The molecule has 0 saturated heterocycles. The number of hydrogen-bond donors (Lipinski definition) is 0. The third-order valence-corrected chi connectivity index (χ3v) is 14.7. The average Bonchev–Trinajstić information content (AvgIpc) is 3.77. The monoisotopic (exact) mass is 846 g/mol. The normalized spacial score (nSPS) is 12.2. The SMILES string of the molecule is c1ccc2c(-c3cc(-c4ccc(-c5ccc6ccc7cccc8ccc5c6c78)c(-c5ccc6oc7ccccc7c6c5)c4)cc(-c4ccc5ccc6cccc7ccc4c5c67)c3)cccc2c1. The molecule has 0 aliphatic rings. The number of furan rings is 1. The first-order chi connectivity index (χ1) is 33.2. The quantitative estimate of drug-likeness (QED) is 0.157. The fourth-order valence-electron chi connectivity index (χ4n) is 11.6. The first kappa shape index (κ1) is 36.5. The van der Waals surface area contributed by atoms with Crippen LogP contribution in [0.25, 0.3) is 153 Å². The topological polar surface area (TPSA) is 13.1 Å². The molecule has 0 amide bonds. The second-order valence-corrected chi connectivity index (χ2v) is 18.3. The number of rotatable bonds is 5. The zero-order chi connectivity index (χ0) is 43.7. The molecule has 0 aliphatic carbocycles. The van der Waals surface area contributed by atoms with Crippen LogP contribution < -0.4 is 0 Å². The molecule has 1 aromatic heterocycles. The average molecular weight is 847 g/mol. The van der Waals surface area contributed by atoms with Crippen molar-refractivity contribution in [2.45, 2.75) is 0 Å². The van der Waals surface area contributed by atoms with Gasteiger partial charge in [-0.2, -0.15) is 0 Å². The Morgan fingerprint density at radius 1 is 0.194 bits per heavy atom. The molecule has 0 N–H and O–H groups in total. The standard InChI is InChI=1S/C66H38O/c1-2-14-51-39(8-1)9-7-16-52(51)49-34-48(35-50(36-49)53-28-22-44-20-18-40-10-5-12-42-24-31-57(53)65(44)63(40)42)46-26-30-55(59(37-46)47-27-33-62-60(38-47)56-15-3-4-17-61(56)67-62)54-29-23-45-21-19-41-11-6-13-43-25-32-58(54)66(45)64(41)43/h1-38H. The summed E-state index contributed by atoms with van der Waals surface area (Å²) in [5.41, 5.74) is 13.7. The summed E-state index contributed by atoms with van der Waals surface area (Å²) in [7, 11) is 0. The molecule has 1 heterocycles. The van der Waals surface area contributed by atoms with E-state index in [2.05, 4.69) is 224 Å². The van der Waals surface area contributed by atoms with Crippen molar-refractivity contribution in [3.63, 3.8) is 0 Å². The maximum absolute atomic E-state index is 6.38. The highest BCUT2D eigenvalue weighted by Gasteiger charge is 2.20. The summed E-state index contributed by atoms with van der Waals surface area (Å²) in [6.07, 6.45) is 0. The van der Waals surface area contributed by atoms with Crippen LogP contribution in [-0.4, -0.2) is 0 Å². The second kappa shape index (κ2) is 13.9. The van der Waals surface area contributed by atoms with E-state index in [4.69, 9.17) is 4.42 Å². The van der Waals surface area contributed by atoms with Gasteiger partial charge >= 0.3 is 0 Å².